The average molecular weight is 361 g/mol. The minimum Gasteiger partial charge on any atom is -0.339 e. The molecule has 2 N–H and O–H groups in total. The van der Waals surface area contributed by atoms with Gasteiger partial charge in [-0.15, -0.1) is 0 Å². The zero-order chi connectivity index (χ0) is 17.8. The SMILES string of the molecule is O=C(Nc1ccc(F)cc1)c1cnc(Nc2ccc(F)c(Cl)c2)cn1. The minimum absolute atomic E-state index is 0.0201. The van der Waals surface area contributed by atoms with Gasteiger partial charge in [0.2, 0.25) is 0 Å². The number of carbonyl (C=O) groups excluding carboxylic acids is 1. The molecular weight excluding hydrogens is 350 g/mol. The first-order valence-corrected chi connectivity index (χ1v) is 7.50. The van der Waals surface area contributed by atoms with E-state index in [1.165, 1.54) is 54.9 Å². The number of benzene rings is 2. The van der Waals surface area contributed by atoms with E-state index in [9.17, 15) is 13.6 Å². The Hall–Kier alpha value is -3.06. The van der Waals surface area contributed by atoms with Crippen molar-refractivity contribution in [1.82, 2.24) is 9.97 Å². The first kappa shape index (κ1) is 16.8. The minimum atomic E-state index is -0.522. The third-order valence-corrected chi connectivity index (χ3v) is 3.47. The number of nitrogens with one attached hydrogen (secondary N) is 2. The summed E-state index contributed by atoms with van der Waals surface area (Å²) < 4.78 is 26.0. The smallest absolute Gasteiger partial charge is 0.275 e. The number of rotatable bonds is 4. The van der Waals surface area contributed by atoms with E-state index in [0.717, 1.165) is 0 Å². The number of aromatic nitrogens is 2. The molecule has 1 heterocycles. The number of hydrogen-bond acceptors (Lipinski definition) is 4. The highest BCUT2D eigenvalue weighted by Crippen LogP contribution is 2.21. The van der Waals surface area contributed by atoms with Gasteiger partial charge >= 0.3 is 0 Å². The molecule has 0 radical (unpaired) electrons. The second kappa shape index (κ2) is 7.23. The molecule has 0 aliphatic carbocycles. The Bertz CT molecular complexity index is 902. The number of amides is 1. The second-order valence-corrected chi connectivity index (χ2v) is 5.41. The first-order chi connectivity index (χ1) is 12.0. The topological polar surface area (TPSA) is 66.9 Å². The fourth-order valence-electron chi connectivity index (χ4n) is 1.96. The van der Waals surface area contributed by atoms with Crippen LogP contribution in [0.3, 0.4) is 0 Å². The van der Waals surface area contributed by atoms with Crippen molar-refractivity contribution in [3.63, 3.8) is 0 Å². The Morgan fingerprint density at radius 1 is 0.960 bits per heavy atom. The van der Waals surface area contributed by atoms with Gasteiger partial charge in [0, 0.05) is 11.4 Å². The lowest BCUT2D eigenvalue weighted by atomic mass is 10.3. The van der Waals surface area contributed by atoms with Crippen LogP contribution >= 0.6 is 11.6 Å². The molecule has 0 saturated carbocycles. The molecule has 1 aromatic heterocycles. The van der Waals surface area contributed by atoms with E-state index in [1.807, 2.05) is 0 Å². The van der Waals surface area contributed by atoms with E-state index in [1.54, 1.807) is 0 Å². The van der Waals surface area contributed by atoms with Crippen LogP contribution in [0, 0.1) is 11.6 Å². The summed E-state index contributed by atoms with van der Waals surface area (Å²) in [4.78, 5) is 20.1. The lowest BCUT2D eigenvalue weighted by molar-refractivity contribution is 0.102. The largest absolute Gasteiger partial charge is 0.339 e. The molecule has 0 fully saturated rings. The van der Waals surface area contributed by atoms with E-state index in [-0.39, 0.29) is 10.7 Å². The maximum absolute atomic E-state index is 13.1. The zero-order valence-electron chi connectivity index (χ0n) is 12.6. The molecule has 3 aromatic rings. The van der Waals surface area contributed by atoms with Crippen molar-refractivity contribution in [2.24, 2.45) is 0 Å². The van der Waals surface area contributed by atoms with Gasteiger partial charge in [-0.2, -0.15) is 0 Å². The maximum atomic E-state index is 13.1. The quantitative estimate of drug-likeness (QED) is 0.723. The number of carbonyl (C=O) groups is 1. The lowest BCUT2D eigenvalue weighted by Gasteiger charge is -2.07. The fraction of sp³-hybridized carbons (Fsp3) is 0. The van der Waals surface area contributed by atoms with E-state index in [0.29, 0.717) is 17.2 Å². The van der Waals surface area contributed by atoms with Gasteiger partial charge in [-0.25, -0.2) is 18.7 Å². The summed E-state index contributed by atoms with van der Waals surface area (Å²) in [5.74, 6) is -1.03. The molecule has 0 saturated heterocycles. The van der Waals surface area contributed by atoms with Gasteiger partial charge in [-0.3, -0.25) is 4.79 Å². The van der Waals surface area contributed by atoms with Crippen LogP contribution in [0.4, 0.5) is 26.0 Å². The molecule has 8 heteroatoms. The highest BCUT2D eigenvalue weighted by molar-refractivity contribution is 6.31. The lowest BCUT2D eigenvalue weighted by Crippen LogP contribution is -2.14. The van der Waals surface area contributed by atoms with Crippen LogP contribution in [-0.2, 0) is 0 Å². The number of nitrogens with zero attached hydrogens (tertiary/aromatic N) is 2. The van der Waals surface area contributed by atoms with Crippen molar-refractivity contribution < 1.29 is 13.6 Å². The molecule has 0 atom stereocenters. The highest BCUT2D eigenvalue weighted by Gasteiger charge is 2.09. The Kier molecular flexibility index (Phi) is 4.85. The molecule has 1 amide bonds. The third-order valence-electron chi connectivity index (χ3n) is 3.18. The third kappa shape index (κ3) is 4.27. The van der Waals surface area contributed by atoms with Crippen molar-refractivity contribution in [2.45, 2.75) is 0 Å². The van der Waals surface area contributed by atoms with E-state index in [2.05, 4.69) is 20.6 Å². The molecule has 3 rings (SSSR count). The van der Waals surface area contributed by atoms with E-state index in [4.69, 9.17) is 11.6 Å². The van der Waals surface area contributed by atoms with Gasteiger partial charge < -0.3 is 10.6 Å². The predicted molar refractivity (Wildman–Crippen MR) is 91.1 cm³/mol. The summed E-state index contributed by atoms with van der Waals surface area (Å²) >= 11 is 5.71. The average Bonchev–Trinajstić information content (AvgIpc) is 2.61. The summed E-state index contributed by atoms with van der Waals surface area (Å²) in [6, 6.07) is 9.49. The van der Waals surface area contributed by atoms with E-state index >= 15 is 0 Å². The van der Waals surface area contributed by atoms with Gasteiger partial charge in [-0.1, -0.05) is 11.6 Å². The molecule has 0 aliphatic heterocycles. The van der Waals surface area contributed by atoms with Gasteiger partial charge in [0.25, 0.3) is 5.91 Å². The molecule has 2 aromatic carbocycles. The Balaban J connectivity index is 1.67. The summed E-state index contributed by atoms with van der Waals surface area (Å²) in [7, 11) is 0. The van der Waals surface area contributed by atoms with Gasteiger partial charge in [-0.05, 0) is 42.5 Å². The monoisotopic (exact) mass is 360 g/mol. The van der Waals surface area contributed by atoms with Crippen molar-refractivity contribution in [2.75, 3.05) is 10.6 Å². The Labute approximate surface area is 146 Å². The van der Waals surface area contributed by atoms with Crippen LogP contribution < -0.4 is 10.6 Å². The summed E-state index contributed by atoms with van der Waals surface area (Å²) in [6.07, 6.45) is 2.64. The molecular formula is C17H11ClF2N4O. The maximum Gasteiger partial charge on any atom is 0.275 e. The molecule has 5 nitrogen and oxygen atoms in total. The van der Waals surface area contributed by atoms with Crippen molar-refractivity contribution in [3.8, 4) is 0 Å². The molecule has 0 bridgehead atoms. The normalized spacial score (nSPS) is 10.4. The van der Waals surface area contributed by atoms with Crippen molar-refractivity contribution >= 4 is 34.7 Å². The van der Waals surface area contributed by atoms with Crippen LogP contribution in [-0.4, -0.2) is 15.9 Å². The fourth-order valence-corrected chi connectivity index (χ4v) is 2.14. The van der Waals surface area contributed by atoms with Crippen LogP contribution in [0.15, 0.2) is 54.9 Å². The van der Waals surface area contributed by atoms with Crippen molar-refractivity contribution in [3.05, 3.63) is 77.2 Å². The molecule has 0 spiro atoms. The van der Waals surface area contributed by atoms with Crippen LogP contribution in [0.2, 0.25) is 5.02 Å². The Morgan fingerprint density at radius 3 is 2.32 bits per heavy atom. The van der Waals surface area contributed by atoms with Gasteiger partial charge in [0.15, 0.2) is 0 Å². The highest BCUT2D eigenvalue weighted by atomic mass is 35.5. The van der Waals surface area contributed by atoms with Crippen LogP contribution in [0.5, 0.6) is 0 Å². The second-order valence-electron chi connectivity index (χ2n) is 5.00. The molecule has 126 valence electrons. The first-order valence-electron chi connectivity index (χ1n) is 7.12. The Morgan fingerprint density at radius 2 is 1.68 bits per heavy atom. The zero-order valence-corrected chi connectivity index (χ0v) is 13.4. The van der Waals surface area contributed by atoms with E-state index < -0.39 is 17.5 Å². The van der Waals surface area contributed by atoms with Gasteiger partial charge in [0.1, 0.15) is 23.1 Å². The number of anilines is 3. The van der Waals surface area contributed by atoms with Crippen LogP contribution in [0.1, 0.15) is 10.5 Å². The summed E-state index contributed by atoms with van der Waals surface area (Å²) in [5.41, 5.74) is 1.06. The molecule has 0 unspecified atom stereocenters. The van der Waals surface area contributed by atoms with Crippen molar-refractivity contribution in [1.29, 1.82) is 0 Å². The standard InChI is InChI=1S/C17H11ClF2N4O/c18-13-7-12(5-6-14(13)20)23-16-9-21-15(8-22-16)17(25)24-11-3-1-10(19)2-4-11/h1-9H,(H,22,23)(H,24,25). The van der Waals surface area contributed by atoms with Crippen LogP contribution in [0.25, 0.3) is 0 Å². The summed E-state index contributed by atoms with van der Waals surface area (Å²) in [5, 5.41) is 5.46. The van der Waals surface area contributed by atoms with Gasteiger partial charge in [0.05, 0.1) is 17.4 Å². The number of hydrogen-bond donors (Lipinski definition) is 2. The summed E-state index contributed by atoms with van der Waals surface area (Å²) in [6.45, 7) is 0. The number of halogens is 3. The predicted octanol–water partition coefficient (Wildman–Crippen LogP) is 4.40. The molecule has 0 aliphatic rings. The molecule has 25 heavy (non-hydrogen) atoms.